The molecule has 0 saturated heterocycles. The van der Waals surface area contributed by atoms with Crippen molar-refractivity contribution in [2.24, 2.45) is 0 Å². The highest BCUT2D eigenvalue weighted by Crippen LogP contribution is 2.48. The average Bonchev–Trinajstić information content (AvgIpc) is 3.82. The molecule has 0 saturated carbocycles. The predicted molar refractivity (Wildman–Crippen MR) is 199 cm³/mol. The van der Waals surface area contributed by atoms with Crippen molar-refractivity contribution in [2.45, 2.75) is 0 Å². The number of hydrogen-bond acceptors (Lipinski definition) is 4. The summed E-state index contributed by atoms with van der Waals surface area (Å²) in [6, 6.07) is 49.3. The van der Waals surface area contributed by atoms with Gasteiger partial charge in [0.05, 0.1) is 18.8 Å². The first-order valence-corrected chi connectivity index (χ1v) is 17.9. The molecule has 6 aromatic carbocycles. The zero-order chi connectivity index (χ0) is 28.8. The van der Waals surface area contributed by atoms with E-state index in [1.54, 1.807) is 0 Å². The fourth-order valence-corrected chi connectivity index (χ4v) is 12.0. The highest BCUT2D eigenvalue weighted by atomic mass is 32.1. The minimum absolute atomic E-state index is 1.27. The number of hydrogen-bond donors (Lipinski definition) is 0. The summed E-state index contributed by atoms with van der Waals surface area (Å²) < 4.78 is 11.1. The van der Waals surface area contributed by atoms with Gasteiger partial charge in [0.25, 0.3) is 0 Å². The van der Waals surface area contributed by atoms with E-state index in [1.807, 2.05) is 45.3 Å². The quantitative estimate of drug-likeness (QED) is 0.182. The lowest BCUT2D eigenvalue weighted by Gasteiger charge is -2.03. The number of rotatable bonds is 3. The molecule has 10 rings (SSSR count). The summed E-state index contributed by atoms with van der Waals surface area (Å²) in [7, 11) is 0. The van der Waals surface area contributed by atoms with Crippen LogP contribution in [0.1, 0.15) is 0 Å². The van der Waals surface area contributed by atoms with E-state index in [9.17, 15) is 0 Å². The zero-order valence-electron chi connectivity index (χ0n) is 23.3. The smallest absolute Gasteiger partial charge is 0.0542 e. The molecular weight excluding hydrogens is 609 g/mol. The molecule has 0 spiro atoms. The predicted octanol–water partition coefficient (Wildman–Crippen LogP) is 13.9. The highest BCUT2D eigenvalue weighted by Gasteiger charge is 2.16. The molecular formula is C40H22S4. The van der Waals surface area contributed by atoms with Crippen LogP contribution >= 0.6 is 45.3 Å². The van der Waals surface area contributed by atoms with Crippen molar-refractivity contribution in [1.82, 2.24) is 0 Å². The van der Waals surface area contributed by atoms with E-state index < -0.39 is 0 Å². The second-order valence-electron chi connectivity index (χ2n) is 11.3. The summed E-state index contributed by atoms with van der Waals surface area (Å²) in [6.45, 7) is 0. The van der Waals surface area contributed by atoms with Crippen LogP contribution in [0.15, 0.2) is 133 Å². The van der Waals surface area contributed by atoms with E-state index in [0.717, 1.165) is 0 Å². The van der Waals surface area contributed by atoms with Crippen LogP contribution in [0.5, 0.6) is 0 Å². The Kier molecular flexibility index (Phi) is 5.46. The first kappa shape index (κ1) is 25.1. The van der Waals surface area contributed by atoms with E-state index in [-0.39, 0.29) is 0 Å². The minimum Gasteiger partial charge on any atom is -0.134 e. The van der Waals surface area contributed by atoms with Crippen LogP contribution in [0.3, 0.4) is 0 Å². The van der Waals surface area contributed by atoms with E-state index in [1.165, 1.54) is 92.5 Å². The summed E-state index contributed by atoms with van der Waals surface area (Å²) in [6.07, 6.45) is 0. The van der Waals surface area contributed by atoms with Gasteiger partial charge in [0.1, 0.15) is 0 Å². The van der Waals surface area contributed by atoms with Gasteiger partial charge in [0.2, 0.25) is 0 Å². The summed E-state index contributed by atoms with van der Waals surface area (Å²) in [5.41, 5.74) is 7.69. The molecule has 0 amide bonds. The molecule has 0 bridgehead atoms. The van der Waals surface area contributed by atoms with Crippen LogP contribution in [-0.2, 0) is 0 Å². The third kappa shape index (κ3) is 3.79. The lowest BCUT2D eigenvalue weighted by Crippen LogP contribution is -1.77. The molecule has 0 aliphatic carbocycles. The Morgan fingerprint density at radius 2 is 0.523 bits per heavy atom. The van der Waals surface area contributed by atoms with Crippen molar-refractivity contribution in [3.05, 3.63) is 133 Å². The second-order valence-corrected chi connectivity index (χ2v) is 15.5. The van der Waals surface area contributed by atoms with Gasteiger partial charge in [0, 0.05) is 40.3 Å². The molecule has 4 aromatic heterocycles. The summed E-state index contributed by atoms with van der Waals surface area (Å²) in [5.74, 6) is 0. The Morgan fingerprint density at radius 1 is 0.250 bits per heavy atom. The maximum atomic E-state index is 2.40. The molecule has 206 valence electrons. The van der Waals surface area contributed by atoms with E-state index in [2.05, 4.69) is 133 Å². The van der Waals surface area contributed by atoms with Gasteiger partial charge in [0.15, 0.2) is 0 Å². The van der Waals surface area contributed by atoms with E-state index in [0.29, 0.717) is 0 Å². The molecule has 10 aromatic rings. The molecule has 0 radical (unpaired) electrons. The Balaban J connectivity index is 1.04. The van der Waals surface area contributed by atoms with Crippen LogP contribution in [0.4, 0.5) is 0 Å². The number of thiophene rings is 4. The second kappa shape index (κ2) is 9.59. The molecule has 0 aliphatic rings. The van der Waals surface area contributed by atoms with E-state index in [4.69, 9.17) is 0 Å². The zero-order valence-corrected chi connectivity index (χ0v) is 26.6. The lowest BCUT2D eigenvalue weighted by molar-refractivity contribution is 1.66. The standard InChI is InChI=1S/C40H22S4/c1-3-7-23(8-4-1)25-11-15-29-33(19-25)41-39-31-17-13-27(21-35(31)43-37(29)39)28-14-18-32-36(22-28)44-38-30-16-12-26(20-34(30)42-40(32)38)24-9-5-2-6-10-24/h1-22H. The van der Waals surface area contributed by atoms with Gasteiger partial charge >= 0.3 is 0 Å². The molecule has 4 heterocycles. The fraction of sp³-hybridized carbons (Fsp3) is 0. The molecule has 0 fully saturated rings. The van der Waals surface area contributed by atoms with Crippen LogP contribution in [-0.4, -0.2) is 0 Å². The van der Waals surface area contributed by atoms with Crippen LogP contribution in [0.2, 0.25) is 0 Å². The fourth-order valence-electron chi connectivity index (χ4n) is 6.49. The first-order valence-electron chi connectivity index (χ1n) is 14.7. The average molecular weight is 631 g/mol. The maximum absolute atomic E-state index is 2.40. The summed E-state index contributed by atoms with van der Waals surface area (Å²) >= 11 is 7.72. The Morgan fingerprint density at radius 3 is 0.818 bits per heavy atom. The molecule has 44 heavy (non-hydrogen) atoms. The van der Waals surface area contributed by atoms with Crippen molar-refractivity contribution in [1.29, 1.82) is 0 Å². The van der Waals surface area contributed by atoms with Gasteiger partial charge in [-0.25, -0.2) is 0 Å². The van der Waals surface area contributed by atoms with Crippen molar-refractivity contribution >= 4 is 104 Å². The summed E-state index contributed by atoms with van der Waals surface area (Å²) in [4.78, 5) is 0. The third-order valence-corrected chi connectivity index (χ3v) is 13.7. The van der Waals surface area contributed by atoms with Crippen molar-refractivity contribution in [2.75, 3.05) is 0 Å². The maximum Gasteiger partial charge on any atom is 0.0542 e. The molecule has 0 aliphatic heterocycles. The van der Waals surface area contributed by atoms with Gasteiger partial charge in [-0.2, -0.15) is 0 Å². The van der Waals surface area contributed by atoms with Gasteiger partial charge in [-0.15, -0.1) is 45.3 Å². The summed E-state index contributed by atoms with van der Waals surface area (Å²) in [5, 5.41) is 5.48. The minimum atomic E-state index is 1.27. The monoisotopic (exact) mass is 630 g/mol. The topological polar surface area (TPSA) is 0 Å². The van der Waals surface area contributed by atoms with E-state index >= 15 is 0 Å². The highest BCUT2D eigenvalue weighted by molar-refractivity contribution is 7.37. The Hall–Kier alpha value is -4.32. The first-order chi connectivity index (χ1) is 21.8. The molecule has 0 nitrogen and oxygen atoms in total. The van der Waals surface area contributed by atoms with Crippen molar-refractivity contribution in [3.8, 4) is 33.4 Å². The lowest BCUT2D eigenvalue weighted by atomic mass is 10.0. The molecule has 0 N–H and O–H groups in total. The molecule has 0 atom stereocenters. The Labute approximate surface area is 269 Å². The van der Waals surface area contributed by atoms with Gasteiger partial charge in [-0.05, 0) is 57.6 Å². The van der Waals surface area contributed by atoms with Crippen LogP contribution in [0.25, 0.3) is 92.5 Å². The molecule has 4 heteroatoms. The largest absolute Gasteiger partial charge is 0.134 e. The normalized spacial score (nSPS) is 12.1. The van der Waals surface area contributed by atoms with Crippen LogP contribution in [0, 0.1) is 0 Å². The number of fused-ring (bicyclic) bond motifs is 10. The molecule has 0 unspecified atom stereocenters. The third-order valence-electron chi connectivity index (χ3n) is 8.71. The Bertz CT molecular complexity index is 2510. The van der Waals surface area contributed by atoms with Gasteiger partial charge in [-0.3, -0.25) is 0 Å². The van der Waals surface area contributed by atoms with Crippen molar-refractivity contribution in [3.63, 3.8) is 0 Å². The van der Waals surface area contributed by atoms with Gasteiger partial charge in [-0.1, -0.05) is 109 Å². The number of benzene rings is 6. The van der Waals surface area contributed by atoms with Gasteiger partial charge < -0.3 is 0 Å². The van der Waals surface area contributed by atoms with Crippen LogP contribution < -0.4 is 0 Å². The SMILES string of the molecule is c1ccc(-c2ccc3c(c2)sc2c4ccc(-c5ccc6c(c5)sc5c7ccc(-c8ccccc8)cc7sc65)cc4sc32)cc1. The van der Waals surface area contributed by atoms with Crippen molar-refractivity contribution < 1.29 is 0 Å².